The fraction of sp³-hybridized carbons (Fsp3) is 0.452. The van der Waals surface area contributed by atoms with Crippen LogP contribution in [0, 0.1) is 17.8 Å². The average Bonchev–Trinajstić information content (AvgIpc) is 3.72. The highest BCUT2D eigenvalue weighted by Crippen LogP contribution is 2.50. The highest BCUT2D eigenvalue weighted by Gasteiger charge is 2.56. The van der Waals surface area contributed by atoms with Crippen molar-refractivity contribution < 1.29 is 32.3 Å². The highest BCUT2D eigenvalue weighted by molar-refractivity contribution is 7.94. The van der Waals surface area contributed by atoms with Crippen LogP contribution in [0.2, 0.25) is 0 Å². The predicted molar refractivity (Wildman–Crippen MR) is 153 cm³/mol. The zero-order valence-electron chi connectivity index (χ0n) is 23.3. The molecule has 42 heavy (non-hydrogen) atoms. The Morgan fingerprint density at radius 2 is 1.76 bits per heavy atom. The maximum Gasteiger partial charge on any atom is 0.264 e. The van der Waals surface area contributed by atoms with Crippen molar-refractivity contribution in [3.8, 4) is 11.1 Å². The van der Waals surface area contributed by atoms with Gasteiger partial charge in [-0.2, -0.15) is 4.39 Å². The molecule has 0 radical (unpaired) electrons. The summed E-state index contributed by atoms with van der Waals surface area (Å²) in [6, 6.07) is 12.3. The molecule has 0 unspecified atom stereocenters. The molecule has 3 amide bonds. The van der Waals surface area contributed by atoms with Gasteiger partial charge in [-0.1, -0.05) is 55.0 Å². The van der Waals surface area contributed by atoms with Crippen LogP contribution >= 0.6 is 0 Å². The quantitative estimate of drug-likeness (QED) is 0.451. The van der Waals surface area contributed by atoms with Crippen LogP contribution in [0.5, 0.6) is 0 Å². The van der Waals surface area contributed by atoms with E-state index in [2.05, 4.69) is 10.6 Å². The molecule has 3 N–H and O–H groups in total. The lowest BCUT2D eigenvalue weighted by atomic mass is 9.88. The number of amides is 3. The third-order valence-corrected chi connectivity index (χ3v) is 10.2. The van der Waals surface area contributed by atoms with Crippen LogP contribution in [0.1, 0.15) is 43.2 Å². The maximum atomic E-state index is 14.6. The molecule has 2 aromatic carbocycles. The summed E-state index contributed by atoms with van der Waals surface area (Å²) in [4.78, 5) is 42.2. The van der Waals surface area contributed by atoms with Gasteiger partial charge in [0.1, 0.15) is 6.04 Å². The Balaban J connectivity index is 1.34. The van der Waals surface area contributed by atoms with Gasteiger partial charge in [-0.3, -0.25) is 14.4 Å². The molecule has 0 spiro atoms. The number of rotatable bonds is 7. The van der Waals surface area contributed by atoms with Crippen molar-refractivity contribution in [1.29, 1.82) is 0 Å². The van der Waals surface area contributed by atoms with E-state index in [1.807, 2.05) is 24.3 Å². The van der Waals surface area contributed by atoms with Gasteiger partial charge in [-0.25, -0.2) is 8.42 Å². The van der Waals surface area contributed by atoms with Gasteiger partial charge in [0.15, 0.2) is 5.60 Å². The molecule has 9 nitrogen and oxygen atoms in total. The van der Waals surface area contributed by atoms with E-state index in [9.17, 15) is 32.3 Å². The van der Waals surface area contributed by atoms with Crippen LogP contribution in [0.3, 0.4) is 0 Å². The summed E-state index contributed by atoms with van der Waals surface area (Å²) >= 11 is 0. The van der Waals surface area contributed by atoms with Crippen molar-refractivity contribution in [3.63, 3.8) is 0 Å². The number of fused-ring (bicyclic) bond motifs is 4. The van der Waals surface area contributed by atoms with Crippen LogP contribution in [0.4, 0.5) is 4.39 Å². The molecular formula is C31H34FN3O6S. The van der Waals surface area contributed by atoms with Gasteiger partial charge >= 0.3 is 0 Å². The summed E-state index contributed by atoms with van der Waals surface area (Å²) in [5.41, 5.74) is 0.418. The molecule has 6 rings (SSSR count). The summed E-state index contributed by atoms with van der Waals surface area (Å²) in [7, 11) is -4.17. The SMILES string of the molecule is CS(=O)(=O)/C(F)=C\[C@H](C[C@@H]1CCNC1=O)NC(=O)[C@@H]1[C@H]2CCC[C@H]2CN1C(=O)C1(O)c2ccccc2-c2ccccc21. The van der Waals surface area contributed by atoms with E-state index >= 15 is 0 Å². The van der Waals surface area contributed by atoms with Crippen LogP contribution in [0.25, 0.3) is 11.1 Å². The van der Waals surface area contributed by atoms with Gasteiger partial charge in [0.05, 0.1) is 6.04 Å². The lowest BCUT2D eigenvalue weighted by Crippen LogP contribution is -2.55. The largest absolute Gasteiger partial charge is 0.372 e. The summed E-state index contributed by atoms with van der Waals surface area (Å²) in [5, 5.41) is 16.3. The van der Waals surface area contributed by atoms with Gasteiger partial charge < -0.3 is 20.6 Å². The number of nitrogens with zero attached hydrogens (tertiary/aromatic N) is 1. The smallest absolute Gasteiger partial charge is 0.264 e. The number of hydrogen-bond acceptors (Lipinski definition) is 6. The van der Waals surface area contributed by atoms with E-state index < -0.39 is 50.4 Å². The Bertz CT molecular complexity index is 1540. The van der Waals surface area contributed by atoms with E-state index in [0.717, 1.165) is 36.3 Å². The Morgan fingerprint density at radius 3 is 2.36 bits per heavy atom. The predicted octanol–water partition coefficient (Wildman–Crippen LogP) is 2.40. The molecule has 2 aliphatic carbocycles. The third-order valence-electron chi connectivity index (χ3n) is 9.37. The third kappa shape index (κ3) is 4.72. The Kier molecular flexibility index (Phi) is 7.21. The molecule has 11 heteroatoms. The number of likely N-dealkylation sites (tertiary alicyclic amines) is 1. The molecule has 2 heterocycles. The average molecular weight is 596 g/mol. The van der Waals surface area contributed by atoms with Gasteiger partial charge in [0.2, 0.25) is 26.8 Å². The van der Waals surface area contributed by atoms with Crippen molar-refractivity contribution in [3.05, 3.63) is 70.9 Å². The van der Waals surface area contributed by atoms with Crippen LogP contribution in [-0.4, -0.2) is 67.6 Å². The topological polar surface area (TPSA) is 133 Å². The first kappa shape index (κ1) is 28.5. The van der Waals surface area contributed by atoms with E-state index in [0.29, 0.717) is 30.5 Å². The molecular weight excluding hydrogens is 561 g/mol. The van der Waals surface area contributed by atoms with Crippen molar-refractivity contribution >= 4 is 27.6 Å². The second kappa shape index (κ2) is 10.6. The molecule has 0 aromatic heterocycles. The van der Waals surface area contributed by atoms with Crippen molar-refractivity contribution in [2.24, 2.45) is 17.8 Å². The van der Waals surface area contributed by atoms with E-state index in [-0.39, 0.29) is 30.7 Å². The molecule has 2 aliphatic heterocycles. The molecule has 4 aliphatic rings. The lowest BCUT2D eigenvalue weighted by Gasteiger charge is -2.34. The summed E-state index contributed by atoms with van der Waals surface area (Å²) in [6.45, 7) is 0.732. The number of nitrogens with one attached hydrogen (secondary N) is 2. The Morgan fingerprint density at radius 1 is 1.12 bits per heavy atom. The first-order valence-electron chi connectivity index (χ1n) is 14.4. The minimum Gasteiger partial charge on any atom is -0.372 e. The molecule has 0 bridgehead atoms. The molecule has 5 atom stereocenters. The Labute approximate surface area is 244 Å². The first-order valence-corrected chi connectivity index (χ1v) is 16.3. The highest BCUT2D eigenvalue weighted by atomic mass is 32.2. The van der Waals surface area contributed by atoms with E-state index in [4.69, 9.17) is 0 Å². The molecule has 222 valence electrons. The standard InChI is InChI=1S/C31H34FN3O6S/c1-42(40,41)26(32)16-20(15-18-13-14-33-28(18)36)34-29(37)27-21-10-6-7-19(21)17-35(27)30(38)31(39)24-11-4-2-8-22(24)23-9-3-5-12-25(23)31/h2-5,8-9,11-12,16,18-21,27,39H,6-7,10,13-15,17H2,1H3,(H,33,36)(H,34,37)/b26-16-/t18-,19-,20-,21-,27-/m0/s1. The number of halogens is 1. The van der Waals surface area contributed by atoms with Gasteiger partial charge in [0.25, 0.3) is 5.91 Å². The zero-order chi connectivity index (χ0) is 29.8. The number of hydrogen-bond donors (Lipinski definition) is 3. The minimum absolute atomic E-state index is 0.0139. The van der Waals surface area contributed by atoms with Gasteiger partial charge in [-0.05, 0) is 54.7 Å². The number of aliphatic hydroxyl groups is 1. The summed E-state index contributed by atoms with van der Waals surface area (Å²) in [6.07, 6.45) is 4.50. The van der Waals surface area contributed by atoms with E-state index in [1.54, 1.807) is 24.3 Å². The van der Waals surface area contributed by atoms with Crippen molar-refractivity contribution in [2.45, 2.75) is 49.8 Å². The van der Waals surface area contributed by atoms with E-state index in [1.165, 1.54) is 4.90 Å². The number of sulfone groups is 1. The number of carbonyl (C=O) groups is 3. The first-order chi connectivity index (χ1) is 20.0. The number of benzene rings is 2. The monoisotopic (exact) mass is 595 g/mol. The molecule has 2 saturated heterocycles. The Hall–Kier alpha value is -3.57. The number of carbonyl (C=O) groups excluding carboxylic acids is 3. The summed E-state index contributed by atoms with van der Waals surface area (Å²) in [5.74, 6) is -2.02. The van der Waals surface area contributed by atoms with Crippen LogP contribution in [-0.2, 0) is 29.8 Å². The fourth-order valence-electron chi connectivity index (χ4n) is 7.40. The molecule has 3 fully saturated rings. The lowest BCUT2D eigenvalue weighted by molar-refractivity contribution is -0.152. The normalized spacial score (nSPS) is 26.8. The second-order valence-electron chi connectivity index (χ2n) is 11.9. The molecule has 1 saturated carbocycles. The minimum atomic E-state index is -4.17. The van der Waals surface area contributed by atoms with Crippen LogP contribution in [0.15, 0.2) is 59.8 Å². The van der Waals surface area contributed by atoms with Crippen molar-refractivity contribution in [1.82, 2.24) is 15.5 Å². The summed E-state index contributed by atoms with van der Waals surface area (Å²) < 4.78 is 38.4. The van der Waals surface area contributed by atoms with Gasteiger partial charge in [-0.15, -0.1) is 0 Å². The van der Waals surface area contributed by atoms with Gasteiger partial charge in [0, 0.05) is 36.4 Å². The maximum absolute atomic E-state index is 14.6. The van der Waals surface area contributed by atoms with Crippen molar-refractivity contribution in [2.75, 3.05) is 19.3 Å². The second-order valence-corrected chi connectivity index (χ2v) is 13.9. The zero-order valence-corrected chi connectivity index (χ0v) is 24.1. The fourth-order valence-corrected chi connectivity index (χ4v) is 7.81. The molecule has 2 aromatic rings. The van der Waals surface area contributed by atoms with Crippen LogP contribution < -0.4 is 10.6 Å².